The van der Waals surface area contributed by atoms with Gasteiger partial charge in [0.05, 0.1) is 23.6 Å². The second kappa shape index (κ2) is 6.08. The van der Waals surface area contributed by atoms with Crippen molar-refractivity contribution >= 4 is 16.9 Å². The molecule has 1 aromatic carbocycles. The summed E-state index contributed by atoms with van der Waals surface area (Å²) in [6, 6.07) is 6.08. The molecule has 1 aliphatic rings. The van der Waals surface area contributed by atoms with Gasteiger partial charge in [-0.15, -0.1) is 0 Å². The number of hydrogen-bond donors (Lipinski definition) is 1. The number of likely N-dealkylation sites (N-methyl/N-ethyl adjacent to an activating group) is 1. The van der Waals surface area contributed by atoms with E-state index in [2.05, 4.69) is 33.9 Å². The average molecular weight is 300 g/mol. The number of carbonyl (C=O) groups is 1. The predicted molar refractivity (Wildman–Crippen MR) is 87.6 cm³/mol. The van der Waals surface area contributed by atoms with Crippen molar-refractivity contribution in [2.24, 2.45) is 0 Å². The molecule has 22 heavy (non-hydrogen) atoms. The Labute approximate surface area is 131 Å². The molecule has 3 rings (SSSR count). The van der Waals surface area contributed by atoms with Gasteiger partial charge >= 0.3 is 0 Å². The van der Waals surface area contributed by atoms with Gasteiger partial charge in [0.15, 0.2) is 0 Å². The van der Waals surface area contributed by atoms with Crippen molar-refractivity contribution in [2.45, 2.75) is 39.3 Å². The zero-order valence-corrected chi connectivity index (χ0v) is 13.6. The van der Waals surface area contributed by atoms with Gasteiger partial charge in [0.2, 0.25) is 5.91 Å². The van der Waals surface area contributed by atoms with E-state index in [9.17, 15) is 4.79 Å². The second-order valence-corrected chi connectivity index (χ2v) is 6.33. The highest BCUT2D eigenvalue weighted by molar-refractivity contribution is 5.81. The minimum absolute atomic E-state index is 0.118. The number of rotatable bonds is 4. The first-order valence-electron chi connectivity index (χ1n) is 7.99. The van der Waals surface area contributed by atoms with Crippen molar-refractivity contribution < 1.29 is 4.79 Å². The maximum atomic E-state index is 12.4. The normalized spacial score (nSPS) is 16.6. The third-order valence-electron chi connectivity index (χ3n) is 4.52. The van der Waals surface area contributed by atoms with Crippen LogP contribution in [-0.2, 0) is 11.3 Å². The smallest absolute Gasteiger partial charge is 0.239 e. The average Bonchev–Trinajstić information content (AvgIpc) is 3.13. The molecule has 0 aliphatic carbocycles. The number of fused-ring (bicyclic) bond motifs is 1. The van der Waals surface area contributed by atoms with E-state index in [0.717, 1.165) is 42.8 Å². The maximum absolute atomic E-state index is 12.4. The quantitative estimate of drug-likeness (QED) is 0.943. The van der Waals surface area contributed by atoms with E-state index >= 15 is 0 Å². The lowest BCUT2D eigenvalue weighted by molar-refractivity contribution is -0.135. The van der Waals surface area contributed by atoms with Gasteiger partial charge in [-0.05, 0) is 51.4 Å². The lowest BCUT2D eigenvalue weighted by atomic mass is 10.2. The molecule has 1 saturated heterocycles. The summed E-state index contributed by atoms with van der Waals surface area (Å²) in [5, 5.41) is 0. The largest absolute Gasteiger partial charge is 0.341 e. The number of hydrogen-bond acceptors (Lipinski definition) is 3. The van der Waals surface area contributed by atoms with E-state index in [1.54, 1.807) is 0 Å². The van der Waals surface area contributed by atoms with Crippen molar-refractivity contribution in [3.63, 3.8) is 0 Å². The molecule has 1 unspecified atom stereocenters. The Balaban J connectivity index is 1.68. The maximum Gasteiger partial charge on any atom is 0.239 e. The van der Waals surface area contributed by atoms with Gasteiger partial charge in [-0.3, -0.25) is 9.69 Å². The van der Waals surface area contributed by atoms with Crippen LogP contribution >= 0.6 is 0 Å². The standard InChI is InChI=1S/C17H24N4O/c1-12-6-7-14-15(10-12)19-16(18-14)11-20(3)13(2)17(22)21-8-4-5-9-21/h6-7,10,13H,4-5,8-9,11H2,1-3H3,(H,18,19). The minimum atomic E-state index is -0.118. The lowest BCUT2D eigenvalue weighted by Crippen LogP contribution is -2.44. The molecule has 1 amide bonds. The third kappa shape index (κ3) is 2.99. The summed E-state index contributed by atoms with van der Waals surface area (Å²) in [6.07, 6.45) is 2.26. The highest BCUT2D eigenvalue weighted by atomic mass is 16.2. The topological polar surface area (TPSA) is 52.2 Å². The number of H-pyrrole nitrogens is 1. The van der Waals surface area contributed by atoms with Crippen molar-refractivity contribution in [2.75, 3.05) is 20.1 Å². The van der Waals surface area contributed by atoms with Crippen LogP contribution in [0.3, 0.4) is 0 Å². The second-order valence-electron chi connectivity index (χ2n) is 6.33. The number of aromatic amines is 1. The molecule has 1 atom stereocenters. The van der Waals surface area contributed by atoms with Gasteiger partial charge < -0.3 is 9.88 Å². The molecule has 0 radical (unpaired) electrons. The van der Waals surface area contributed by atoms with Crippen molar-refractivity contribution in [3.8, 4) is 0 Å². The number of amides is 1. The van der Waals surface area contributed by atoms with E-state index in [0.29, 0.717) is 6.54 Å². The molecule has 5 nitrogen and oxygen atoms in total. The number of imidazole rings is 1. The fourth-order valence-corrected chi connectivity index (χ4v) is 3.01. The SMILES string of the molecule is Cc1ccc2nc(CN(C)C(C)C(=O)N3CCCC3)[nH]c2c1. The molecule has 1 N–H and O–H groups in total. The molecule has 2 heterocycles. The molecule has 0 saturated carbocycles. The molecular weight excluding hydrogens is 276 g/mol. The summed E-state index contributed by atoms with van der Waals surface area (Å²) in [5.41, 5.74) is 3.25. The Kier molecular flexibility index (Phi) is 4.16. The Hall–Kier alpha value is -1.88. The molecule has 2 aromatic rings. The molecular formula is C17H24N4O. The molecule has 1 aromatic heterocycles. The summed E-state index contributed by atoms with van der Waals surface area (Å²) in [5.74, 6) is 1.14. The first-order valence-corrected chi connectivity index (χ1v) is 7.99. The summed E-state index contributed by atoms with van der Waals surface area (Å²) >= 11 is 0. The van der Waals surface area contributed by atoms with Crippen molar-refractivity contribution in [1.82, 2.24) is 19.8 Å². The first-order chi connectivity index (χ1) is 10.5. The lowest BCUT2D eigenvalue weighted by Gasteiger charge is -2.27. The molecule has 118 valence electrons. The summed E-state index contributed by atoms with van der Waals surface area (Å²) in [6.45, 7) is 6.51. The van der Waals surface area contributed by atoms with Crippen LogP contribution in [0.2, 0.25) is 0 Å². The van der Waals surface area contributed by atoms with Crippen LogP contribution in [0.1, 0.15) is 31.2 Å². The van der Waals surface area contributed by atoms with E-state index in [1.807, 2.05) is 24.9 Å². The van der Waals surface area contributed by atoms with Crippen LogP contribution in [0, 0.1) is 6.92 Å². The van der Waals surface area contributed by atoms with Crippen LogP contribution in [0.4, 0.5) is 0 Å². The van der Waals surface area contributed by atoms with Gasteiger partial charge in [-0.1, -0.05) is 6.07 Å². The molecule has 1 fully saturated rings. The van der Waals surface area contributed by atoms with Gasteiger partial charge in [-0.2, -0.15) is 0 Å². The molecule has 0 spiro atoms. The van der Waals surface area contributed by atoms with Crippen molar-refractivity contribution in [3.05, 3.63) is 29.6 Å². The Morgan fingerprint density at radius 3 is 2.86 bits per heavy atom. The number of nitrogens with one attached hydrogen (secondary N) is 1. The monoisotopic (exact) mass is 300 g/mol. The summed E-state index contributed by atoms with van der Waals surface area (Å²) in [7, 11) is 1.98. The van der Waals surface area contributed by atoms with Crippen molar-refractivity contribution in [1.29, 1.82) is 0 Å². The first kappa shape index (κ1) is 15.0. The van der Waals surface area contributed by atoms with E-state index in [1.165, 1.54) is 5.56 Å². The molecule has 5 heteroatoms. The number of nitrogens with zero attached hydrogens (tertiary/aromatic N) is 3. The Morgan fingerprint density at radius 2 is 2.14 bits per heavy atom. The zero-order chi connectivity index (χ0) is 15.7. The Bertz CT molecular complexity index is 672. The Morgan fingerprint density at radius 1 is 1.41 bits per heavy atom. The van der Waals surface area contributed by atoms with Crippen LogP contribution < -0.4 is 0 Å². The molecule has 0 bridgehead atoms. The number of aryl methyl sites for hydroxylation is 1. The van der Waals surface area contributed by atoms with Gasteiger partial charge in [0.25, 0.3) is 0 Å². The fourth-order valence-electron chi connectivity index (χ4n) is 3.01. The van der Waals surface area contributed by atoms with E-state index < -0.39 is 0 Å². The fraction of sp³-hybridized carbons (Fsp3) is 0.529. The highest BCUT2D eigenvalue weighted by Crippen LogP contribution is 2.16. The van der Waals surface area contributed by atoms with Crippen LogP contribution in [0.25, 0.3) is 11.0 Å². The molecule has 1 aliphatic heterocycles. The van der Waals surface area contributed by atoms with E-state index in [4.69, 9.17) is 0 Å². The summed E-state index contributed by atoms with van der Waals surface area (Å²) in [4.78, 5) is 24.4. The number of carbonyl (C=O) groups excluding carboxylic acids is 1. The van der Waals surface area contributed by atoms with Gasteiger partial charge in [-0.25, -0.2) is 4.98 Å². The van der Waals surface area contributed by atoms with E-state index in [-0.39, 0.29) is 11.9 Å². The number of aromatic nitrogens is 2. The predicted octanol–water partition coefficient (Wildman–Crippen LogP) is 2.31. The highest BCUT2D eigenvalue weighted by Gasteiger charge is 2.26. The van der Waals surface area contributed by atoms with Crippen LogP contribution in [0.5, 0.6) is 0 Å². The number of benzene rings is 1. The van der Waals surface area contributed by atoms with Crippen LogP contribution in [-0.4, -0.2) is 51.9 Å². The van der Waals surface area contributed by atoms with Gasteiger partial charge in [0, 0.05) is 13.1 Å². The zero-order valence-electron chi connectivity index (χ0n) is 13.6. The van der Waals surface area contributed by atoms with Crippen LogP contribution in [0.15, 0.2) is 18.2 Å². The number of likely N-dealkylation sites (tertiary alicyclic amines) is 1. The summed E-state index contributed by atoms with van der Waals surface area (Å²) < 4.78 is 0. The minimum Gasteiger partial charge on any atom is -0.341 e. The third-order valence-corrected chi connectivity index (χ3v) is 4.52. The van der Waals surface area contributed by atoms with Gasteiger partial charge in [0.1, 0.15) is 5.82 Å².